The number of nitrogens with zero attached hydrogens (tertiary/aromatic N) is 2. The average molecular weight is 347 g/mol. The van der Waals surface area contributed by atoms with Crippen LogP contribution in [0.5, 0.6) is 0 Å². The van der Waals surface area contributed by atoms with Gasteiger partial charge in [0, 0.05) is 23.5 Å². The van der Waals surface area contributed by atoms with E-state index in [-0.39, 0.29) is 10.8 Å². The molecule has 0 atom stereocenters. The van der Waals surface area contributed by atoms with Gasteiger partial charge in [0.1, 0.15) is 11.6 Å². The second-order valence-corrected chi connectivity index (χ2v) is 6.60. The van der Waals surface area contributed by atoms with Crippen molar-refractivity contribution in [3.8, 4) is 0 Å². The summed E-state index contributed by atoms with van der Waals surface area (Å²) in [6.45, 7) is 1.72. The first kappa shape index (κ1) is 15.5. The molecule has 0 N–H and O–H groups in total. The highest BCUT2D eigenvalue weighted by molar-refractivity contribution is 6.31. The highest BCUT2D eigenvalue weighted by Gasteiger charge is 2.32. The van der Waals surface area contributed by atoms with E-state index >= 15 is 0 Å². The number of anilines is 1. The van der Waals surface area contributed by atoms with Crippen LogP contribution >= 0.6 is 11.6 Å². The smallest absolute Gasteiger partial charge is 0.141 e. The number of halogens is 3. The van der Waals surface area contributed by atoms with Crippen molar-refractivity contribution in [3.05, 3.63) is 70.4 Å². The van der Waals surface area contributed by atoms with Gasteiger partial charge in [0.2, 0.25) is 0 Å². The molecule has 2 heterocycles. The zero-order valence-electron chi connectivity index (χ0n) is 13.1. The Balaban J connectivity index is 1.82. The van der Waals surface area contributed by atoms with Gasteiger partial charge in [0.25, 0.3) is 0 Å². The summed E-state index contributed by atoms with van der Waals surface area (Å²) in [6.07, 6.45) is 3.31. The van der Waals surface area contributed by atoms with Crippen LogP contribution in [0.4, 0.5) is 14.5 Å². The molecule has 0 aliphatic carbocycles. The van der Waals surface area contributed by atoms with Crippen molar-refractivity contribution >= 4 is 23.0 Å². The van der Waals surface area contributed by atoms with Crippen molar-refractivity contribution in [2.45, 2.75) is 19.3 Å². The van der Waals surface area contributed by atoms with E-state index in [4.69, 9.17) is 11.6 Å². The topological polar surface area (TPSA) is 6.48 Å². The lowest BCUT2D eigenvalue weighted by molar-refractivity contribution is 0.318. The Bertz CT molecular complexity index is 802. The maximum Gasteiger partial charge on any atom is 0.141 e. The largest absolute Gasteiger partial charge is 0.355 e. The summed E-state index contributed by atoms with van der Waals surface area (Å²) in [7, 11) is 0. The predicted molar refractivity (Wildman–Crippen MR) is 92.6 cm³/mol. The van der Waals surface area contributed by atoms with E-state index in [9.17, 15) is 8.78 Å². The Kier molecular flexibility index (Phi) is 3.93. The number of fused-ring (bicyclic) bond motifs is 1. The minimum atomic E-state index is -0.423. The molecule has 0 saturated carbocycles. The van der Waals surface area contributed by atoms with Gasteiger partial charge in [-0.05, 0) is 61.7 Å². The molecule has 2 nitrogen and oxygen atoms in total. The SMILES string of the molecule is Fc1ccc(C2=C3CCCCN3CN2c2ccc(F)c(Cl)c2)cc1. The van der Waals surface area contributed by atoms with Gasteiger partial charge in [-0.2, -0.15) is 0 Å². The van der Waals surface area contributed by atoms with Gasteiger partial charge in [0.05, 0.1) is 17.4 Å². The van der Waals surface area contributed by atoms with Crippen LogP contribution in [0.15, 0.2) is 48.2 Å². The van der Waals surface area contributed by atoms with E-state index < -0.39 is 5.82 Å². The third kappa shape index (κ3) is 2.65. The molecule has 2 aromatic rings. The first-order valence-corrected chi connectivity index (χ1v) is 8.48. The highest BCUT2D eigenvalue weighted by Crippen LogP contribution is 2.40. The standard InChI is InChI=1S/C19H17ClF2N2/c20-16-11-15(8-9-17(16)22)24-12-23-10-2-1-3-18(23)19(24)13-4-6-14(21)7-5-13/h4-9,11H,1-3,10,12H2. The maximum atomic E-state index is 13.5. The zero-order valence-corrected chi connectivity index (χ0v) is 13.9. The molecule has 2 aliphatic rings. The second-order valence-electron chi connectivity index (χ2n) is 6.19. The van der Waals surface area contributed by atoms with Gasteiger partial charge in [-0.25, -0.2) is 8.78 Å². The van der Waals surface area contributed by atoms with E-state index in [0.717, 1.165) is 42.8 Å². The first-order valence-electron chi connectivity index (χ1n) is 8.10. The summed E-state index contributed by atoms with van der Waals surface area (Å²) < 4.78 is 26.9. The Morgan fingerprint density at radius 3 is 2.50 bits per heavy atom. The molecule has 2 aromatic carbocycles. The Morgan fingerprint density at radius 2 is 1.75 bits per heavy atom. The van der Waals surface area contributed by atoms with Crippen LogP contribution in [0.2, 0.25) is 5.02 Å². The molecule has 1 fully saturated rings. The van der Waals surface area contributed by atoms with Crippen molar-refractivity contribution in [3.63, 3.8) is 0 Å². The molecule has 0 amide bonds. The zero-order chi connectivity index (χ0) is 16.7. The number of allylic oxidation sites excluding steroid dienone is 1. The molecule has 0 bridgehead atoms. The van der Waals surface area contributed by atoms with E-state index in [1.54, 1.807) is 24.3 Å². The van der Waals surface area contributed by atoms with E-state index in [1.807, 2.05) is 0 Å². The van der Waals surface area contributed by atoms with Crippen LogP contribution in [0.3, 0.4) is 0 Å². The summed E-state index contributed by atoms with van der Waals surface area (Å²) in [5.74, 6) is -0.674. The van der Waals surface area contributed by atoms with Gasteiger partial charge in [-0.1, -0.05) is 11.6 Å². The van der Waals surface area contributed by atoms with E-state index in [0.29, 0.717) is 6.67 Å². The quantitative estimate of drug-likeness (QED) is 0.732. The average Bonchev–Trinajstić information content (AvgIpc) is 2.97. The van der Waals surface area contributed by atoms with Crippen molar-refractivity contribution < 1.29 is 8.78 Å². The lowest BCUT2D eigenvalue weighted by atomic mass is 10.0. The fraction of sp³-hybridized carbons (Fsp3) is 0.263. The molecule has 0 aromatic heterocycles. The van der Waals surface area contributed by atoms with Crippen molar-refractivity contribution in [1.29, 1.82) is 0 Å². The fourth-order valence-electron chi connectivity index (χ4n) is 3.50. The Hall–Kier alpha value is -2.07. The van der Waals surface area contributed by atoms with Crippen LogP contribution in [0, 0.1) is 11.6 Å². The molecule has 4 rings (SSSR count). The minimum absolute atomic E-state index is 0.112. The number of benzene rings is 2. The highest BCUT2D eigenvalue weighted by atomic mass is 35.5. The molecule has 24 heavy (non-hydrogen) atoms. The number of piperidine rings is 1. The first-order chi connectivity index (χ1) is 11.6. The van der Waals surface area contributed by atoms with Gasteiger partial charge < -0.3 is 9.80 Å². The third-order valence-corrected chi connectivity index (χ3v) is 4.95. The van der Waals surface area contributed by atoms with Crippen molar-refractivity contribution in [2.75, 3.05) is 18.1 Å². The lowest BCUT2D eigenvalue weighted by Crippen LogP contribution is -2.30. The number of rotatable bonds is 2. The minimum Gasteiger partial charge on any atom is -0.355 e. The molecule has 5 heteroatoms. The Morgan fingerprint density at radius 1 is 0.958 bits per heavy atom. The summed E-state index contributed by atoms with van der Waals surface area (Å²) in [5, 5.41) is 0.112. The molecular formula is C19H17ClF2N2. The van der Waals surface area contributed by atoms with Gasteiger partial charge in [-0.3, -0.25) is 0 Å². The number of hydrogen-bond acceptors (Lipinski definition) is 2. The Labute approximate surface area is 144 Å². The fourth-order valence-corrected chi connectivity index (χ4v) is 3.68. The summed E-state index contributed by atoms with van der Waals surface area (Å²) in [6, 6.07) is 11.3. The van der Waals surface area contributed by atoms with Crippen LogP contribution < -0.4 is 4.90 Å². The van der Waals surface area contributed by atoms with Crippen molar-refractivity contribution in [1.82, 2.24) is 4.90 Å². The monoisotopic (exact) mass is 346 g/mol. The van der Waals surface area contributed by atoms with Crippen LogP contribution in [-0.4, -0.2) is 18.1 Å². The van der Waals surface area contributed by atoms with Gasteiger partial charge >= 0.3 is 0 Å². The summed E-state index contributed by atoms with van der Waals surface area (Å²) in [5.41, 5.74) is 4.16. The molecular weight excluding hydrogens is 330 g/mol. The molecule has 0 unspecified atom stereocenters. The maximum absolute atomic E-state index is 13.5. The summed E-state index contributed by atoms with van der Waals surface area (Å²) in [4.78, 5) is 4.48. The van der Waals surface area contributed by atoms with Crippen LogP contribution in [0.1, 0.15) is 24.8 Å². The normalized spacial score (nSPS) is 17.5. The van der Waals surface area contributed by atoms with E-state index in [2.05, 4.69) is 9.80 Å². The van der Waals surface area contributed by atoms with Gasteiger partial charge in [-0.15, -0.1) is 0 Å². The molecule has 0 spiro atoms. The lowest BCUT2D eigenvalue weighted by Gasteiger charge is -2.27. The summed E-state index contributed by atoms with van der Waals surface area (Å²) >= 11 is 5.98. The second kappa shape index (κ2) is 6.10. The van der Waals surface area contributed by atoms with Crippen LogP contribution in [0.25, 0.3) is 5.70 Å². The van der Waals surface area contributed by atoms with Crippen LogP contribution in [-0.2, 0) is 0 Å². The van der Waals surface area contributed by atoms with Gasteiger partial charge in [0.15, 0.2) is 0 Å². The predicted octanol–water partition coefficient (Wildman–Crippen LogP) is 5.25. The molecule has 0 radical (unpaired) electrons. The third-order valence-electron chi connectivity index (χ3n) is 4.66. The molecule has 124 valence electrons. The molecule has 1 saturated heterocycles. The number of hydrogen-bond donors (Lipinski definition) is 0. The molecule has 2 aliphatic heterocycles. The van der Waals surface area contributed by atoms with Crippen molar-refractivity contribution in [2.24, 2.45) is 0 Å². The van der Waals surface area contributed by atoms with E-state index in [1.165, 1.54) is 23.9 Å².